The summed E-state index contributed by atoms with van der Waals surface area (Å²) in [6, 6.07) is 0. The van der Waals surface area contributed by atoms with Crippen molar-refractivity contribution < 1.29 is 66.6 Å². The van der Waals surface area contributed by atoms with Crippen LogP contribution >= 0.6 is 0 Å². The molecule has 4 heteroatoms. The molecule has 22 valence electrons. The molecule has 0 aromatic rings. The first kappa shape index (κ1) is 27.4. The number of hydrogen-bond donors (Lipinski definition) is 0. The number of rotatable bonds is 0. The second-order valence-electron chi connectivity index (χ2n) is 0. The van der Waals surface area contributed by atoms with Crippen molar-refractivity contribution in [3.8, 4) is 0 Å². The molecule has 0 aromatic heterocycles. The smallest absolute Gasteiger partial charge is 1.00 e. The second kappa shape index (κ2) is 16.5. The van der Waals surface area contributed by atoms with E-state index in [-0.39, 0.29) is 115 Å². The van der Waals surface area contributed by atoms with E-state index in [2.05, 4.69) is 0 Å². The van der Waals surface area contributed by atoms with Crippen molar-refractivity contribution in [2.75, 3.05) is 0 Å². The predicted molar refractivity (Wildman–Crippen MR) is 16.3 cm³/mol. The van der Waals surface area contributed by atoms with Gasteiger partial charge in [-0.3, -0.25) is 0 Å². The minimum Gasteiger partial charge on any atom is -1.00 e. The molecule has 0 aliphatic heterocycles. The van der Waals surface area contributed by atoms with Gasteiger partial charge in [-0.15, -0.1) is 0 Å². The van der Waals surface area contributed by atoms with Gasteiger partial charge in [0, 0.05) is 0 Å². The third kappa shape index (κ3) is 8.93. The summed E-state index contributed by atoms with van der Waals surface area (Å²) in [5.74, 6) is 0. The van der Waals surface area contributed by atoms with E-state index in [4.69, 9.17) is 0 Å². The molecule has 4 heavy (non-hydrogen) atoms. The van der Waals surface area contributed by atoms with Crippen LogP contribution in [0.25, 0.3) is 0 Å². The Kier molecular flexibility index (Phi) is 113. The molecule has 0 rings (SSSR count). The average molecular weight is 215 g/mol. The molecule has 0 saturated carbocycles. The summed E-state index contributed by atoms with van der Waals surface area (Å²) < 4.78 is 0. The Bertz CT molecular complexity index is 12.9. The summed E-state index contributed by atoms with van der Waals surface area (Å²) in [5.41, 5.74) is 0. The average Bonchev–Trinajstić information content (AvgIpc) is 0. The van der Waals surface area contributed by atoms with Crippen molar-refractivity contribution >= 4 is 48.9 Å². The Hall–Kier alpha value is 3.13. The van der Waals surface area contributed by atoms with Gasteiger partial charge in [0.05, 0.1) is 0 Å². The molecule has 0 fully saturated rings. The van der Waals surface area contributed by atoms with Crippen LogP contribution < -0.4 is 51.4 Å². The second-order valence-corrected chi connectivity index (χ2v) is 0. The number of hydrogen-bond acceptors (Lipinski definition) is 0. The molecule has 4 N–H and O–H groups in total. The zero-order valence-electron chi connectivity index (χ0n) is 5.71. The molecule has 0 atom stereocenters. The fourth-order valence-corrected chi connectivity index (χ4v) is 0. The zero-order chi connectivity index (χ0) is 0. The summed E-state index contributed by atoms with van der Waals surface area (Å²) in [7, 11) is 0. The minimum atomic E-state index is 0. The molecule has 0 bridgehead atoms. The van der Waals surface area contributed by atoms with Crippen molar-refractivity contribution in [3.05, 3.63) is 0 Å². The Morgan fingerprint density at radius 1 is 1.00 bits per heavy atom. The van der Waals surface area contributed by atoms with E-state index in [1.807, 2.05) is 0 Å². The van der Waals surface area contributed by atoms with E-state index in [1.54, 1.807) is 0 Å². The van der Waals surface area contributed by atoms with Gasteiger partial charge in [-0.25, -0.2) is 0 Å². The maximum Gasteiger partial charge on any atom is 2.00 e. The standard InChI is InChI=1S/Ba.K.2H2O.3H/h;;2*1H2;;;/q+2;+1;;;3*-1. The van der Waals surface area contributed by atoms with E-state index in [9.17, 15) is 0 Å². The van der Waals surface area contributed by atoms with Gasteiger partial charge in [0.1, 0.15) is 0 Å². The molecule has 0 amide bonds. The van der Waals surface area contributed by atoms with Crippen molar-refractivity contribution in [2.24, 2.45) is 0 Å². The van der Waals surface area contributed by atoms with Crippen LogP contribution in [0.5, 0.6) is 0 Å². The largest absolute Gasteiger partial charge is 2.00 e. The first-order valence-electron chi connectivity index (χ1n) is 0. The van der Waals surface area contributed by atoms with E-state index in [1.165, 1.54) is 0 Å². The van der Waals surface area contributed by atoms with Crippen LogP contribution in [-0.4, -0.2) is 59.8 Å². The molecular formula is H7BaKO2. The van der Waals surface area contributed by atoms with Crippen molar-refractivity contribution in [1.29, 1.82) is 0 Å². The molecular weight excluding hydrogens is 208 g/mol. The van der Waals surface area contributed by atoms with Crippen LogP contribution in [0.4, 0.5) is 0 Å². The van der Waals surface area contributed by atoms with Crippen molar-refractivity contribution in [3.63, 3.8) is 0 Å². The summed E-state index contributed by atoms with van der Waals surface area (Å²) in [5, 5.41) is 0. The van der Waals surface area contributed by atoms with Gasteiger partial charge in [0.2, 0.25) is 0 Å². The monoisotopic (exact) mass is 216 g/mol. The van der Waals surface area contributed by atoms with E-state index in [0.29, 0.717) is 0 Å². The zero-order valence-corrected chi connectivity index (χ0v) is 10.3. The van der Waals surface area contributed by atoms with E-state index in [0.717, 1.165) is 0 Å². The van der Waals surface area contributed by atoms with Crippen molar-refractivity contribution in [1.82, 2.24) is 0 Å². The third-order valence-electron chi connectivity index (χ3n) is 0. The molecule has 0 saturated heterocycles. The van der Waals surface area contributed by atoms with Crippen LogP contribution in [-0.2, 0) is 0 Å². The van der Waals surface area contributed by atoms with Gasteiger partial charge in [-0.1, -0.05) is 0 Å². The van der Waals surface area contributed by atoms with Crippen LogP contribution in [0.3, 0.4) is 0 Å². The van der Waals surface area contributed by atoms with Gasteiger partial charge in [0.15, 0.2) is 0 Å². The molecule has 0 radical (unpaired) electrons. The Balaban J connectivity index is 0. The molecule has 0 aliphatic rings. The van der Waals surface area contributed by atoms with E-state index >= 15 is 0 Å². The van der Waals surface area contributed by atoms with Crippen molar-refractivity contribution in [2.45, 2.75) is 0 Å². The van der Waals surface area contributed by atoms with Crippen LogP contribution in [0.1, 0.15) is 4.28 Å². The maximum absolute atomic E-state index is 0. The Morgan fingerprint density at radius 3 is 1.00 bits per heavy atom. The van der Waals surface area contributed by atoms with Gasteiger partial charge in [-0.2, -0.15) is 0 Å². The normalized spacial score (nSPS) is 0. The Morgan fingerprint density at radius 2 is 1.00 bits per heavy atom. The molecule has 0 unspecified atom stereocenters. The first-order chi connectivity index (χ1) is 0. The van der Waals surface area contributed by atoms with Crippen LogP contribution in [0, 0.1) is 0 Å². The topological polar surface area (TPSA) is 63.0 Å². The van der Waals surface area contributed by atoms with Crippen LogP contribution in [0.15, 0.2) is 0 Å². The third-order valence-corrected chi connectivity index (χ3v) is 0. The molecule has 0 aromatic carbocycles. The molecule has 0 spiro atoms. The van der Waals surface area contributed by atoms with Crippen LogP contribution in [0.2, 0.25) is 0 Å². The molecule has 2 nitrogen and oxygen atoms in total. The first-order valence-corrected chi connectivity index (χ1v) is 0. The maximum atomic E-state index is 0. The summed E-state index contributed by atoms with van der Waals surface area (Å²) in [6.45, 7) is 0. The molecule has 0 aliphatic carbocycles. The van der Waals surface area contributed by atoms with Gasteiger partial charge in [0.25, 0.3) is 0 Å². The SMILES string of the molecule is O.O.[Ba+2].[H-].[H-].[H-].[K+]. The van der Waals surface area contributed by atoms with E-state index < -0.39 is 0 Å². The summed E-state index contributed by atoms with van der Waals surface area (Å²) >= 11 is 0. The van der Waals surface area contributed by atoms with Gasteiger partial charge in [-0.05, 0) is 0 Å². The predicted octanol–water partition coefficient (Wildman–Crippen LogP) is -4.69. The summed E-state index contributed by atoms with van der Waals surface area (Å²) in [6.07, 6.45) is 0. The van der Waals surface area contributed by atoms with Gasteiger partial charge >= 0.3 is 100 Å². The molecule has 0 heterocycles. The Labute approximate surface area is 112 Å². The fraction of sp³-hybridized carbons (Fsp3) is 0. The quantitative estimate of drug-likeness (QED) is 0.365. The minimum absolute atomic E-state index is 0. The fourth-order valence-electron chi connectivity index (χ4n) is 0. The van der Waals surface area contributed by atoms with Gasteiger partial charge < -0.3 is 15.2 Å². The summed E-state index contributed by atoms with van der Waals surface area (Å²) in [4.78, 5) is 0.